The van der Waals surface area contributed by atoms with Gasteiger partial charge in [-0.2, -0.15) is 0 Å². The molecule has 1 atom stereocenters. The van der Waals surface area contributed by atoms with Crippen LogP contribution in [0.15, 0.2) is 42.6 Å². The lowest BCUT2D eigenvalue weighted by Crippen LogP contribution is -2.34. The number of nitrogens with zero attached hydrogens (tertiary/aromatic N) is 4. The Labute approximate surface area is 171 Å². The molecule has 3 heterocycles. The van der Waals surface area contributed by atoms with Crippen molar-refractivity contribution in [3.05, 3.63) is 42.6 Å². The molecule has 0 spiro atoms. The second-order valence-electron chi connectivity index (χ2n) is 8.45. The van der Waals surface area contributed by atoms with E-state index in [0.717, 1.165) is 41.7 Å². The van der Waals surface area contributed by atoms with E-state index in [1.165, 1.54) is 32.2 Å². The van der Waals surface area contributed by atoms with Gasteiger partial charge >= 0.3 is 0 Å². The maximum Gasteiger partial charge on any atom is 0.231 e. The van der Waals surface area contributed by atoms with Crippen molar-refractivity contribution >= 4 is 5.65 Å². The number of benzene rings is 1. The molecular weight excluding hydrogens is 364 g/mol. The highest BCUT2D eigenvalue weighted by Gasteiger charge is 2.22. The number of piperidine rings is 1. The Morgan fingerprint density at radius 3 is 2.59 bits per heavy atom. The summed E-state index contributed by atoms with van der Waals surface area (Å²) in [4.78, 5) is 6.87. The zero-order chi connectivity index (χ0) is 19.6. The van der Waals surface area contributed by atoms with Crippen LogP contribution < -0.4 is 9.47 Å². The maximum absolute atomic E-state index is 6.04. The first-order chi connectivity index (χ1) is 14.2. The summed E-state index contributed by atoms with van der Waals surface area (Å²) in [5.74, 6) is 2.89. The van der Waals surface area contributed by atoms with Crippen molar-refractivity contribution in [1.82, 2.24) is 19.5 Å². The summed E-state index contributed by atoms with van der Waals surface area (Å²) in [5, 5.41) is 4.69. The Bertz CT molecular complexity index is 965. The molecule has 1 aliphatic heterocycles. The van der Waals surface area contributed by atoms with Gasteiger partial charge in [-0.15, -0.1) is 5.10 Å². The minimum atomic E-state index is 0.566. The SMILES string of the molecule is CN1CCCC(COc2ccc3ncc(-c4ccc(OCC5CC5)cc4)n3n2)C1. The Morgan fingerprint density at radius 1 is 0.966 bits per heavy atom. The highest BCUT2D eigenvalue weighted by molar-refractivity contribution is 5.63. The molecule has 1 aromatic carbocycles. The number of imidazole rings is 1. The third-order valence-electron chi connectivity index (χ3n) is 5.86. The van der Waals surface area contributed by atoms with Crippen LogP contribution in [0.2, 0.25) is 0 Å². The normalized spacial score (nSPS) is 20.1. The lowest BCUT2D eigenvalue weighted by molar-refractivity contribution is 0.146. The van der Waals surface area contributed by atoms with E-state index in [1.54, 1.807) is 0 Å². The van der Waals surface area contributed by atoms with Crippen LogP contribution in [0, 0.1) is 11.8 Å². The van der Waals surface area contributed by atoms with Crippen molar-refractivity contribution in [3.8, 4) is 22.9 Å². The number of hydrogen-bond donors (Lipinski definition) is 0. The van der Waals surface area contributed by atoms with Gasteiger partial charge in [-0.1, -0.05) is 0 Å². The predicted molar refractivity (Wildman–Crippen MR) is 112 cm³/mol. The van der Waals surface area contributed by atoms with E-state index in [4.69, 9.17) is 14.6 Å². The van der Waals surface area contributed by atoms with Gasteiger partial charge in [-0.25, -0.2) is 9.50 Å². The molecule has 2 fully saturated rings. The van der Waals surface area contributed by atoms with E-state index in [9.17, 15) is 0 Å². The van der Waals surface area contributed by atoms with E-state index >= 15 is 0 Å². The molecule has 0 radical (unpaired) electrons. The fraction of sp³-hybridized carbons (Fsp3) is 0.478. The van der Waals surface area contributed by atoms with Gasteiger partial charge < -0.3 is 14.4 Å². The third-order valence-corrected chi connectivity index (χ3v) is 5.86. The number of fused-ring (bicyclic) bond motifs is 1. The Balaban J connectivity index is 1.29. The highest BCUT2D eigenvalue weighted by atomic mass is 16.5. The fourth-order valence-corrected chi connectivity index (χ4v) is 3.96. The third kappa shape index (κ3) is 4.37. The first-order valence-corrected chi connectivity index (χ1v) is 10.6. The van der Waals surface area contributed by atoms with Crippen molar-refractivity contribution in [2.75, 3.05) is 33.4 Å². The van der Waals surface area contributed by atoms with Crippen LogP contribution in [0.1, 0.15) is 25.7 Å². The summed E-state index contributed by atoms with van der Waals surface area (Å²) in [5.41, 5.74) is 2.84. The minimum Gasteiger partial charge on any atom is -0.493 e. The summed E-state index contributed by atoms with van der Waals surface area (Å²) < 4.78 is 13.7. The summed E-state index contributed by atoms with van der Waals surface area (Å²) in [6.45, 7) is 3.81. The average molecular weight is 393 g/mol. The zero-order valence-corrected chi connectivity index (χ0v) is 17.0. The van der Waals surface area contributed by atoms with Gasteiger partial charge in [0.05, 0.1) is 25.1 Å². The number of hydrogen-bond acceptors (Lipinski definition) is 5. The molecule has 1 aliphatic carbocycles. The van der Waals surface area contributed by atoms with E-state index in [2.05, 4.69) is 29.1 Å². The molecular formula is C23H28N4O2. The second kappa shape index (κ2) is 8.03. The van der Waals surface area contributed by atoms with Crippen LogP contribution in [0.4, 0.5) is 0 Å². The van der Waals surface area contributed by atoms with Gasteiger partial charge in [0.25, 0.3) is 0 Å². The second-order valence-corrected chi connectivity index (χ2v) is 8.45. The molecule has 1 saturated heterocycles. The standard InChI is InChI=1S/C23H28N4O2/c1-26-12-2-3-18(14-26)16-29-23-11-10-22-24-13-21(27(22)25-23)19-6-8-20(9-7-19)28-15-17-4-5-17/h6-11,13,17-18H,2-5,12,14-16H2,1H3. The summed E-state index contributed by atoms with van der Waals surface area (Å²) in [6.07, 6.45) is 6.92. The molecule has 29 heavy (non-hydrogen) atoms. The molecule has 0 amide bonds. The van der Waals surface area contributed by atoms with Crippen molar-refractivity contribution in [1.29, 1.82) is 0 Å². The topological polar surface area (TPSA) is 51.9 Å². The van der Waals surface area contributed by atoms with Gasteiger partial charge in [-0.3, -0.25) is 0 Å². The van der Waals surface area contributed by atoms with Gasteiger partial charge in [-0.05, 0) is 75.5 Å². The number of likely N-dealkylation sites (tertiary alicyclic amines) is 1. The molecule has 3 aromatic rings. The van der Waals surface area contributed by atoms with Gasteiger partial charge in [0.1, 0.15) is 5.75 Å². The molecule has 0 N–H and O–H groups in total. The van der Waals surface area contributed by atoms with Gasteiger partial charge in [0, 0.05) is 24.1 Å². The van der Waals surface area contributed by atoms with E-state index in [0.29, 0.717) is 18.4 Å². The summed E-state index contributed by atoms with van der Waals surface area (Å²) in [6, 6.07) is 12.1. The first-order valence-electron chi connectivity index (χ1n) is 10.6. The first kappa shape index (κ1) is 18.4. The van der Waals surface area contributed by atoms with E-state index in [-0.39, 0.29) is 0 Å². The number of rotatable bonds is 7. The highest BCUT2D eigenvalue weighted by Crippen LogP contribution is 2.30. The minimum absolute atomic E-state index is 0.566. The Kier molecular flexibility index (Phi) is 5.10. The molecule has 6 nitrogen and oxygen atoms in total. The molecule has 0 bridgehead atoms. The molecule has 5 rings (SSSR count). The van der Waals surface area contributed by atoms with Crippen LogP contribution in [-0.2, 0) is 0 Å². The average Bonchev–Trinajstić information content (AvgIpc) is 3.49. The quantitative estimate of drug-likeness (QED) is 0.610. The van der Waals surface area contributed by atoms with Crippen molar-refractivity contribution < 1.29 is 9.47 Å². The molecule has 2 aliphatic rings. The van der Waals surface area contributed by atoms with Crippen molar-refractivity contribution in [2.24, 2.45) is 11.8 Å². The number of aromatic nitrogens is 3. The van der Waals surface area contributed by atoms with Crippen molar-refractivity contribution in [2.45, 2.75) is 25.7 Å². The zero-order valence-electron chi connectivity index (χ0n) is 17.0. The van der Waals surface area contributed by atoms with Crippen LogP contribution in [0.5, 0.6) is 11.6 Å². The lowest BCUT2D eigenvalue weighted by Gasteiger charge is -2.29. The monoisotopic (exact) mass is 392 g/mol. The van der Waals surface area contributed by atoms with Crippen LogP contribution in [0.3, 0.4) is 0 Å². The van der Waals surface area contributed by atoms with Gasteiger partial charge in [0.2, 0.25) is 5.88 Å². The molecule has 152 valence electrons. The van der Waals surface area contributed by atoms with E-state index in [1.807, 2.05) is 35.0 Å². The Morgan fingerprint density at radius 2 is 1.79 bits per heavy atom. The largest absolute Gasteiger partial charge is 0.493 e. The lowest BCUT2D eigenvalue weighted by atomic mass is 10.00. The maximum atomic E-state index is 6.04. The molecule has 2 aromatic heterocycles. The Hall–Kier alpha value is -2.60. The van der Waals surface area contributed by atoms with Crippen LogP contribution in [-0.4, -0.2) is 52.8 Å². The summed E-state index contributed by atoms with van der Waals surface area (Å²) in [7, 11) is 2.18. The van der Waals surface area contributed by atoms with E-state index < -0.39 is 0 Å². The number of ether oxygens (including phenoxy) is 2. The van der Waals surface area contributed by atoms with Gasteiger partial charge in [0.15, 0.2) is 5.65 Å². The summed E-state index contributed by atoms with van der Waals surface area (Å²) >= 11 is 0. The fourth-order valence-electron chi connectivity index (χ4n) is 3.96. The predicted octanol–water partition coefficient (Wildman–Crippen LogP) is 3.91. The smallest absolute Gasteiger partial charge is 0.231 e. The molecule has 6 heteroatoms. The van der Waals surface area contributed by atoms with Crippen LogP contribution >= 0.6 is 0 Å². The molecule has 1 unspecified atom stereocenters. The van der Waals surface area contributed by atoms with Crippen molar-refractivity contribution in [3.63, 3.8) is 0 Å². The van der Waals surface area contributed by atoms with Crippen LogP contribution in [0.25, 0.3) is 16.9 Å². The molecule has 1 saturated carbocycles.